The maximum Gasteiger partial charge on any atom is 0.290 e. The molecule has 0 aliphatic carbocycles. The maximum absolute atomic E-state index is 11.6. The highest BCUT2D eigenvalue weighted by Crippen LogP contribution is 2.30. The van der Waals surface area contributed by atoms with Crippen molar-refractivity contribution in [3.63, 3.8) is 0 Å². The van der Waals surface area contributed by atoms with Crippen LogP contribution < -0.4 is 15.0 Å². The van der Waals surface area contributed by atoms with Crippen molar-refractivity contribution in [1.82, 2.24) is 10.3 Å². The lowest BCUT2D eigenvalue weighted by atomic mass is 10.2. The van der Waals surface area contributed by atoms with Crippen molar-refractivity contribution in [1.29, 1.82) is 0 Å². The first-order valence-corrected chi connectivity index (χ1v) is 11.2. The van der Waals surface area contributed by atoms with E-state index in [0.717, 1.165) is 40.3 Å². The second kappa shape index (κ2) is 8.89. The largest absolute Gasteiger partial charge is 0.492 e. The standard InChI is InChI=1S/C22H21N3O3S2/c1-14(2)25(21-23-17-5-3-4-6-18(17)29-21)11-12-28-16-9-7-15(8-10-16)13-19-20(26)24-22(27)30-19/h3-10,13-14H,11-12H2,1-2H3,(H,24,26,27). The number of aromatic nitrogens is 1. The highest BCUT2D eigenvalue weighted by molar-refractivity contribution is 8.18. The van der Waals surface area contributed by atoms with Crippen LogP contribution in [0.1, 0.15) is 19.4 Å². The molecule has 0 spiro atoms. The molecule has 2 amide bonds. The number of imide groups is 1. The highest BCUT2D eigenvalue weighted by atomic mass is 32.2. The normalized spacial score (nSPS) is 15.2. The number of rotatable bonds is 7. The van der Waals surface area contributed by atoms with Gasteiger partial charge in [-0.05, 0) is 61.5 Å². The zero-order valence-corrected chi connectivity index (χ0v) is 18.3. The molecule has 1 aliphatic heterocycles. The fraction of sp³-hybridized carbons (Fsp3) is 0.227. The van der Waals surface area contributed by atoms with Gasteiger partial charge in [0.1, 0.15) is 12.4 Å². The van der Waals surface area contributed by atoms with Gasteiger partial charge < -0.3 is 9.64 Å². The van der Waals surface area contributed by atoms with Crippen LogP contribution in [0.25, 0.3) is 16.3 Å². The van der Waals surface area contributed by atoms with E-state index in [2.05, 4.69) is 30.1 Å². The fourth-order valence-electron chi connectivity index (χ4n) is 3.05. The van der Waals surface area contributed by atoms with Crippen LogP contribution in [0, 0.1) is 0 Å². The number of nitrogens with one attached hydrogen (secondary N) is 1. The second-order valence-corrected chi connectivity index (χ2v) is 9.04. The summed E-state index contributed by atoms with van der Waals surface area (Å²) in [5.74, 6) is 0.402. The molecule has 1 aliphatic rings. The number of benzene rings is 2. The Bertz CT molecular complexity index is 1070. The summed E-state index contributed by atoms with van der Waals surface area (Å²) in [5.41, 5.74) is 1.86. The van der Waals surface area contributed by atoms with Crippen LogP contribution >= 0.6 is 23.1 Å². The molecule has 4 rings (SSSR count). The number of ether oxygens (including phenoxy) is 1. The molecule has 0 unspecified atom stereocenters. The summed E-state index contributed by atoms with van der Waals surface area (Å²) in [4.78, 5) is 30.3. The zero-order chi connectivity index (χ0) is 21.1. The average Bonchev–Trinajstić information content (AvgIpc) is 3.28. The van der Waals surface area contributed by atoms with Gasteiger partial charge in [-0.25, -0.2) is 4.98 Å². The van der Waals surface area contributed by atoms with E-state index in [-0.39, 0.29) is 11.1 Å². The van der Waals surface area contributed by atoms with Crippen molar-refractivity contribution >= 4 is 55.7 Å². The highest BCUT2D eigenvalue weighted by Gasteiger charge is 2.24. The topological polar surface area (TPSA) is 71.5 Å². The van der Waals surface area contributed by atoms with Crippen molar-refractivity contribution in [3.8, 4) is 5.75 Å². The molecule has 1 N–H and O–H groups in total. The number of thiazole rings is 1. The lowest BCUT2D eigenvalue weighted by molar-refractivity contribution is -0.115. The molecule has 30 heavy (non-hydrogen) atoms. The van der Waals surface area contributed by atoms with Gasteiger partial charge in [0.25, 0.3) is 11.1 Å². The van der Waals surface area contributed by atoms with E-state index in [0.29, 0.717) is 17.6 Å². The van der Waals surface area contributed by atoms with Crippen LogP contribution in [-0.4, -0.2) is 35.3 Å². The minimum absolute atomic E-state index is 0.306. The lowest BCUT2D eigenvalue weighted by Gasteiger charge is -2.26. The van der Waals surface area contributed by atoms with Gasteiger partial charge in [-0.1, -0.05) is 35.6 Å². The third-order valence-corrected chi connectivity index (χ3v) is 6.46. The van der Waals surface area contributed by atoms with Crippen molar-refractivity contribution < 1.29 is 14.3 Å². The number of amides is 2. The zero-order valence-electron chi connectivity index (χ0n) is 16.6. The molecular weight excluding hydrogens is 418 g/mol. The van der Waals surface area contributed by atoms with E-state index in [1.54, 1.807) is 17.4 Å². The number of thioether (sulfide) groups is 1. The summed E-state index contributed by atoms with van der Waals surface area (Å²) in [6.07, 6.45) is 1.70. The van der Waals surface area contributed by atoms with E-state index in [1.807, 2.05) is 42.5 Å². The molecule has 1 aromatic heterocycles. The molecule has 0 saturated carbocycles. The third-order valence-electron chi connectivity index (χ3n) is 4.57. The Hall–Kier alpha value is -2.84. The Labute approximate surface area is 182 Å². The summed E-state index contributed by atoms with van der Waals surface area (Å²) in [7, 11) is 0. The Morgan fingerprint density at radius 1 is 1.13 bits per heavy atom. The van der Waals surface area contributed by atoms with E-state index in [9.17, 15) is 9.59 Å². The molecule has 0 radical (unpaired) electrons. The van der Waals surface area contributed by atoms with E-state index >= 15 is 0 Å². The predicted molar refractivity (Wildman–Crippen MR) is 123 cm³/mol. The number of nitrogens with zero attached hydrogens (tertiary/aromatic N) is 2. The summed E-state index contributed by atoms with van der Waals surface area (Å²) in [6, 6.07) is 15.9. The number of fused-ring (bicyclic) bond motifs is 1. The number of anilines is 1. The minimum atomic E-state index is -0.353. The van der Waals surface area contributed by atoms with Gasteiger partial charge in [-0.2, -0.15) is 0 Å². The van der Waals surface area contributed by atoms with Crippen molar-refractivity contribution in [2.75, 3.05) is 18.1 Å². The average molecular weight is 440 g/mol. The first kappa shape index (κ1) is 20.4. The van der Waals surface area contributed by atoms with Crippen molar-refractivity contribution in [2.24, 2.45) is 0 Å². The van der Waals surface area contributed by atoms with Gasteiger partial charge in [0.15, 0.2) is 5.13 Å². The maximum atomic E-state index is 11.6. The molecule has 2 heterocycles. The number of carbonyl (C=O) groups is 2. The smallest absolute Gasteiger partial charge is 0.290 e. The third kappa shape index (κ3) is 4.66. The molecule has 6 nitrogen and oxygen atoms in total. The molecule has 2 aromatic carbocycles. The van der Waals surface area contributed by atoms with Crippen LogP contribution in [0.2, 0.25) is 0 Å². The first-order chi connectivity index (χ1) is 14.5. The van der Waals surface area contributed by atoms with Gasteiger partial charge in [-0.15, -0.1) is 0 Å². The molecule has 154 valence electrons. The van der Waals surface area contributed by atoms with E-state index in [1.165, 1.54) is 4.70 Å². The van der Waals surface area contributed by atoms with E-state index < -0.39 is 0 Å². The number of hydrogen-bond donors (Lipinski definition) is 1. The number of para-hydroxylation sites is 1. The fourth-order valence-corrected chi connectivity index (χ4v) is 4.86. The van der Waals surface area contributed by atoms with Gasteiger partial charge in [0, 0.05) is 6.04 Å². The van der Waals surface area contributed by atoms with Crippen LogP contribution in [0.4, 0.5) is 9.93 Å². The van der Waals surface area contributed by atoms with Crippen molar-refractivity contribution in [3.05, 3.63) is 59.0 Å². The molecule has 8 heteroatoms. The summed E-state index contributed by atoms with van der Waals surface area (Å²) in [5, 5.41) is 2.91. The Morgan fingerprint density at radius 2 is 1.90 bits per heavy atom. The summed E-state index contributed by atoms with van der Waals surface area (Å²) in [6.45, 7) is 5.55. The Morgan fingerprint density at radius 3 is 2.57 bits per heavy atom. The molecule has 3 aromatic rings. The molecule has 0 atom stereocenters. The minimum Gasteiger partial charge on any atom is -0.492 e. The molecular formula is C22H21N3O3S2. The number of hydrogen-bond acceptors (Lipinski definition) is 7. The van der Waals surface area contributed by atoms with Crippen LogP contribution in [0.15, 0.2) is 53.4 Å². The van der Waals surface area contributed by atoms with Crippen LogP contribution in [0.3, 0.4) is 0 Å². The van der Waals surface area contributed by atoms with E-state index in [4.69, 9.17) is 9.72 Å². The Kier molecular flexibility index (Phi) is 6.06. The van der Waals surface area contributed by atoms with Gasteiger partial charge in [0.05, 0.1) is 21.7 Å². The van der Waals surface area contributed by atoms with Crippen LogP contribution in [-0.2, 0) is 4.79 Å². The monoisotopic (exact) mass is 439 g/mol. The molecule has 1 fully saturated rings. The van der Waals surface area contributed by atoms with Crippen LogP contribution in [0.5, 0.6) is 5.75 Å². The number of carbonyl (C=O) groups excluding carboxylic acids is 2. The molecule has 1 saturated heterocycles. The first-order valence-electron chi connectivity index (χ1n) is 9.59. The van der Waals surface area contributed by atoms with Gasteiger partial charge in [-0.3, -0.25) is 14.9 Å². The summed E-state index contributed by atoms with van der Waals surface area (Å²) < 4.78 is 7.10. The predicted octanol–water partition coefficient (Wildman–Crippen LogP) is 4.91. The SMILES string of the molecule is CC(C)N(CCOc1ccc(C=C2SC(=O)NC2=O)cc1)c1nc2ccccc2s1. The second-order valence-electron chi connectivity index (χ2n) is 7.02. The quantitative estimate of drug-likeness (QED) is 0.527. The Balaban J connectivity index is 1.37. The lowest BCUT2D eigenvalue weighted by Crippen LogP contribution is -2.34. The van der Waals surface area contributed by atoms with Gasteiger partial charge >= 0.3 is 0 Å². The van der Waals surface area contributed by atoms with Crippen molar-refractivity contribution in [2.45, 2.75) is 19.9 Å². The van der Waals surface area contributed by atoms with Gasteiger partial charge in [0.2, 0.25) is 0 Å². The molecule has 0 bridgehead atoms. The summed E-state index contributed by atoms with van der Waals surface area (Å²) >= 11 is 2.60.